The number of hydrogen-bond acceptors (Lipinski definition) is 4. The zero-order valence-electron chi connectivity index (χ0n) is 18.5. The fourth-order valence-corrected chi connectivity index (χ4v) is 6.17. The number of benzene rings is 1. The molecule has 4 nitrogen and oxygen atoms in total. The molecule has 3 aliphatic rings. The van der Waals surface area contributed by atoms with E-state index in [9.17, 15) is 5.11 Å². The van der Waals surface area contributed by atoms with E-state index in [1.54, 1.807) is 0 Å². The van der Waals surface area contributed by atoms with Crippen molar-refractivity contribution in [2.75, 3.05) is 19.7 Å². The maximum Gasteiger partial charge on any atom is 0.165 e. The highest BCUT2D eigenvalue weighted by atomic mass is 16.5. The molecule has 1 aliphatic heterocycles. The summed E-state index contributed by atoms with van der Waals surface area (Å²) in [5, 5.41) is 10.6. The molecule has 1 heterocycles. The second kappa shape index (κ2) is 7.96. The average Bonchev–Trinajstić information content (AvgIpc) is 3.01. The molecule has 1 N–H and O–H groups in total. The van der Waals surface area contributed by atoms with Crippen LogP contribution in [-0.4, -0.2) is 48.0 Å². The van der Waals surface area contributed by atoms with Gasteiger partial charge in [0.25, 0.3) is 0 Å². The van der Waals surface area contributed by atoms with Crippen molar-refractivity contribution in [3.8, 4) is 11.5 Å². The van der Waals surface area contributed by atoms with Crippen LogP contribution in [0.4, 0.5) is 0 Å². The van der Waals surface area contributed by atoms with Crippen molar-refractivity contribution in [1.82, 2.24) is 4.90 Å². The van der Waals surface area contributed by atoms with Crippen LogP contribution in [0.3, 0.4) is 0 Å². The molecule has 2 aliphatic carbocycles. The Morgan fingerprint density at radius 1 is 1.38 bits per heavy atom. The van der Waals surface area contributed by atoms with Crippen LogP contribution in [0.5, 0.6) is 11.5 Å². The van der Waals surface area contributed by atoms with Crippen molar-refractivity contribution >= 4 is 0 Å². The van der Waals surface area contributed by atoms with Crippen molar-refractivity contribution in [1.29, 1.82) is 0 Å². The highest BCUT2D eigenvalue weighted by Crippen LogP contribution is 2.61. The van der Waals surface area contributed by atoms with Gasteiger partial charge in [-0.2, -0.15) is 0 Å². The molecule has 2 unspecified atom stereocenters. The molecule has 0 radical (unpaired) electrons. The van der Waals surface area contributed by atoms with E-state index in [1.807, 2.05) is 12.1 Å². The molecule has 0 bridgehead atoms. The largest absolute Gasteiger partial charge is 0.504 e. The highest BCUT2D eigenvalue weighted by molar-refractivity contribution is 5.59. The summed E-state index contributed by atoms with van der Waals surface area (Å²) in [6, 6.07) is 4.39. The zero-order valence-corrected chi connectivity index (χ0v) is 18.5. The summed E-state index contributed by atoms with van der Waals surface area (Å²) in [7, 11) is 0. The minimum Gasteiger partial charge on any atom is -0.504 e. The summed E-state index contributed by atoms with van der Waals surface area (Å²) in [6.07, 6.45) is 6.32. The number of phenols is 1. The van der Waals surface area contributed by atoms with Crippen LogP contribution in [0.15, 0.2) is 24.8 Å². The van der Waals surface area contributed by atoms with E-state index in [1.165, 1.54) is 11.1 Å². The summed E-state index contributed by atoms with van der Waals surface area (Å²) in [5.74, 6) is 2.11. The molecule has 160 valence electrons. The molecular weight excluding hydrogens is 362 g/mol. The van der Waals surface area contributed by atoms with Gasteiger partial charge in [-0.15, -0.1) is 6.58 Å². The first-order valence-electron chi connectivity index (χ1n) is 11.4. The topological polar surface area (TPSA) is 41.9 Å². The smallest absolute Gasteiger partial charge is 0.165 e. The van der Waals surface area contributed by atoms with Gasteiger partial charge in [0, 0.05) is 30.2 Å². The van der Waals surface area contributed by atoms with Crippen LogP contribution >= 0.6 is 0 Å². The standard InChI is InChI=1S/C25H37NO3/c1-6-13-26(7-2)19-15-17-8-10-20(27)23-22(17)25(5)18(19)9-11-21(24(25)29-23)28-14-12-16(3)4/h6,8,10,16,18-19,21,24,27H,1,7,9,11-15H2,2-5H3/t18?,19?,21-,24+,25+/m1/s1. The molecule has 5 atom stereocenters. The lowest BCUT2D eigenvalue weighted by Crippen LogP contribution is -2.61. The summed E-state index contributed by atoms with van der Waals surface area (Å²) >= 11 is 0. The number of aromatic hydroxyl groups is 1. The quantitative estimate of drug-likeness (QED) is 0.644. The lowest BCUT2D eigenvalue weighted by molar-refractivity contribution is -0.101. The molecule has 0 spiro atoms. The Morgan fingerprint density at radius 3 is 2.86 bits per heavy atom. The fourth-order valence-electron chi connectivity index (χ4n) is 6.17. The van der Waals surface area contributed by atoms with Gasteiger partial charge in [0.05, 0.1) is 6.10 Å². The average molecular weight is 400 g/mol. The molecule has 1 saturated carbocycles. The maximum absolute atomic E-state index is 10.6. The van der Waals surface area contributed by atoms with Crippen molar-refractivity contribution < 1.29 is 14.6 Å². The molecule has 29 heavy (non-hydrogen) atoms. The zero-order chi connectivity index (χ0) is 20.8. The van der Waals surface area contributed by atoms with Gasteiger partial charge in [-0.05, 0) is 55.7 Å². The third kappa shape index (κ3) is 3.29. The minimum absolute atomic E-state index is 0.0271. The van der Waals surface area contributed by atoms with Crippen LogP contribution < -0.4 is 4.74 Å². The van der Waals surface area contributed by atoms with E-state index in [-0.39, 0.29) is 23.4 Å². The van der Waals surface area contributed by atoms with Gasteiger partial charge in [-0.1, -0.05) is 39.8 Å². The maximum atomic E-state index is 10.6. The number of phenolic OH excluding ortho intramolecular Hbond substituents is 1. The Kier molecular flexibility index (Phi) is 5.69. The Hall–Kier alpha value is -1.52. The van der Waals surface area contributed by atoms with Gasteiger partial charge in [-0.25, -0.2) is 0 Å². The van der Waals surface area contributed by atoms with Crippen LogP contribution in [-0.2, 0) is 16.6 Å². The molecule has 1 fully saturated rings. The summed E-state index contributed by atoms with van der Waals surface area (Å²) < 4.78 is 12.9. The third-order valence-electron chi connectivity index (χ3n) is 7.63. The number of likely N-dealkylation sites (N-methyl/N-ethyl adjacent to an activating group) is 1. The highest BCUT2D eigenvalue weighted by Gasteiger charge is 2.62. The van der Waals surface area contributed by atoms with Crippen molar-refractivity contribution in [3.63, 3.8) is 0 Å². The van der Waals surface area contributed by atoms with Crippen LogP contribution in [0.2, 0.25) is 0 Å². The van der Waals surface area contributed by atoms with Gasteiger partial charge in [0.1, 0.15) is 6.10 Å². The van der Waals surface area contributed by atoms with Crippen LogP contribution in [0.1, 0.15) is 58.1 Å². The number of hydrogen-bond donors (Lipinski definition) is 1. The molecule has 0 saturated heterocycles. The second-order valence-electron chi connectivity index (χ2n) is 9.69. The van der Waals surface area contributed by atoms with Gasteiger partial charge in [-0.3, -0.25) is 4.90 Å². The SMILES string of the molecule is C=CCN(CC)C1Cc2ccc(O)c3c2[C@]2(C)C1CC[C@@H](OCCC(C)C)[C@@H]2O3. The Balaban J connectivity index is 1.71. The fraction of sp³-hybridized carbons (Fsp3) is 0.680. The van der Waals surface area contributed by atoms with Gasteiger partial charge in [0.15, 0.2) is 11.5 Å². The van der Waals surface area contributed by atoms with Gasteiger partial charge in [0.2, 0.25) is 0 Å². The molecule has 4 rings (SSSR count). The lowest BCUT2D eigenvalue weighted by Gasteiger charge is -2.54. The third-order valence-corrected chi connectivity index (χ3v) is 7.63. The summed E-state index contributed by atoms with van der Waals surface area (Å²) in [4.78, 5) is 2.56. The van der Waals surface area contributed by atoms with Crippen LogP contribution in [0, 0.1) is 11.8 Å². The minimum atomic E-state index is -0.123. The lowest BCUT2D eigenvalue weighted by atomic mass is 9.55. The first-order valence-corrected chi connectivity index (χ1v) is 11.4. The van der Waals surface area contributed by atoms with E-state index in [4.69, 9.17) is 9.47 Å². The predicted octanol–water partition coefficient (Wildman–Crippen LogP) is 4.68. The van der Waals surface area contributed by atoms with E-state index in [0.717, 1.165) is 45.4 Å². The van der Waals surface area contributed by atoms with Crippen molar-refractivity contribution in [3.05, 3.63) is 35.9 Å². The monoisotopic (exact) mass is 399 g/mol. The Labute approximate surface area is 175 Å². The van der Waals surface area contributed by atoms with Crippen molar-refractivity contribution in [2.45, 2.75) is 77.0 Å². The Morgan fingerprint density at radius 2 is 2.17 bits per heavy atom. The normalized spacial score (nSPS) is 32.3. The van der Waals surface area contributed by atoms with E-state index >= 15 is 0 Å². The van der Waals surface area contributed by atoms with E-state index < -0.39 is 0 Å². The number of rotatable bonds is 8. The number of nitrogens with zero attached hydrogens (tertiary/aromatic N) is 1. The van der Waals surface area contributed by atoms with E-state index in [2.05, 4.69) is 45.2 Å². The molecule has 1 aromatic rings. The molecule has 0 aromatic heterocycles. The van der Waals surface area contributed by atoms with Crippen LogP contribution in [0.25, 0.3) is 0 Å². The number of ether oxygens (including phenoxy) is 2. The van der Waals surface area contributed by atoms with Gasteiger partial charge >= 0.3 is 0 Å². The molecular formula is C25H37NO3. The van der Waals surface area contributed by atoms with Crippen molar-refractivity contribution in [2.24, 2.45) is 11.8 Å². The van der Waals surface area contributed by atoms with Gasteiger partial charge < -0.3 is 14.6 Å². The molecule has 1 aromatic carbocycles. The Bertz CT molecular complexity index is 761. The first-order chi connectivity index (χ1) is 13.9. The predicted molar refractivity (Wildman–Crippen MR) is 117 cm³/mol. The molecule has 0 amide bonds. The summed E-state index contributed by atoms with van der Waals surface area (Å²) in [6.45, 7) is 15.8. The van der Waals surface area contributed by atoms with E-state index in [0.29, 0.717) is 23.6 Å². The first kappa shape index (κ1) is 20.7. The summed E-state index contributed by atoms with van der Waals surface area (Å²) in [5.41, 5.74) is 2.45. The molecule has 4 heteroatoms. The second-order valence-corrected chi connectivity index (χ2v) is 9.69.